The second-order valence-electron chi connectivity index (χ2n) is 6.67. The first-order chi connectivity index (χ1) is 13.7. The van der Waals surface area contributed by atoms with Gasteiger partial charge < -0.3 is 5.32 Å². The molecule has 0 aliphatic carbocycles. The molecule has 0 saturated carbocycles. The lowest BCUT2D eigenvalue weighted by Gasteiger charge is -2.16. The Morgan fingerprint density at radius 2 is 1.57 bits per heavy atom. The molecule has 3 rings (SSSR count). The molecule has 0 aliphatic rings. The van der Waals surface area contributed by atoms with Crippen LogP contribution in [-0.2, 0) is 6.42 Å². The summed E-state index contributed by atoms with van der Waals surface area (Å²) in [5, 5.41) is 3.06. The number of nitrogens with one attached hydrogen (secondary N) is 1. The van der Waals surface area contributed by atoms with E-state index in [9.17, 15) is 4.79 Å². The molecular formula is C25H25NOS. The minimum absolute atomic E-state index is 0.0818. The van der Waals surface area contributed by atoms with Crippen LogP contribution in [0.2, 0.25) is 0 Å². The Balaban J connectivity index is 1.85. The van der Waals surface area contributed by atoms with Gasteiger partial charge in [-0.25, -0.2) is 0 Å². The smallest absolute Gasteiger partial charge is 0.252 e. The van der Waals surface area contributed by atoms with Crippen LogP contribution < -0.4 is 5.32 Å². The molecule has 28 heavy (non-hydrogen) atoms. The molecule has 0 aromatic heterocycles. The molecule has 2 nitrogen and oxygen atoms in total. The summed E-state index contributed by atoms with van der Waals surface area (Å²) < 4.78 is 0. The predicted octanol–water partition coefficient (Wildman–Crippen LogP) is 5.87. The highest BCUT2D eigenvalue weighted by Crippen LogP contribution is 2.31. The predicted molar refractivity (Wildman–Crippen MR) is 121 cm³/mol. The van der Waals surface area contributed by atoms with Crippen molar-refractivity contribution in [2.45, 2.75) is 18.1 Å². The van der Waals surface area contributed by atoms with Crippen molar-refractivity contribution >= 4 is 18.5 Å². The number of amides is 1. The third kappa shape index (κ3) is 4.93. The van der Waals surface area contributed by atoms with Gasteiger partial charge in [-0.3, -0.25) is 4.79 Å². The van der Waals surface area contributed by atoms with E-state index in [-0.39, 0.29) is 11.2 Å². The Kier molecular flexibility index (Phi) is 7.10. The molecule has 0 heterocycles. The first-order valence-electron chi connectivity index (χ1n) is 9.50. The number of carbonyl (C=O) groups is 1. The molecular weight excluding hydrogens is 362 g/mol. The second-order valence-corrected chi connectivity index (χ2v) is 7.29. The SMILES string of the molecule is C=CCNC(=O)c1ccccc1-c1ccccc1CCC(S)c1ccccc1. The third-order valence-corrected chi connectivity index (χ3v) is 5.31. The van der Waals surface area contributed by atoms with Crippen LogP contribution in [0.25, 0.3) is 11.1 Å². The lowest BCUT2D eigenvalue weighted by atomic mass is 9.92. The van der Waals surface area contributed by atoms with Gasteiger partial charge in [0, 0.05) is 17.4 Å². The average molecular weight is 388 g/mol. The molecule has 0 bridgehead atoms. The van der Waals surface area contributed by atoms with E-state index in [1.807, 2.05) is 48.5 Å². The maximum absolute atomic E-state index is 12.6. The van der Waals surface area contributed by atoms with Crippen LogP contribution in [0.5, 0.6) is 0 Å². The minimum Gasteiger partial charge on any atom is -0.349 e. The largest absolute Gasteiger partial charge is 0.349 e. The van der Waals surface area contributed by atoms with Gasteiger partial charge in [0.1, 0.15) is 0 Å². The quantitative estimate of drug-likeness (QED) is 0.367. The van der Waals surface area contributed by atoms with Crippen LogP contribution >= 0.6 is 12.6 Å². The Bertz CT molecular complexity index is 936. The molecule has 1 atom stereocenters. The molecule has 142 valence electrons. The fourth-order valence-electron chi connectivity index (χ4n) is 3.31. The highest BCUT2D eigenvalue weighted by molar-refractivity contribution is 7.80. The molecule has 1 amide bonds. The first kappa shape index (κ1) is 20.0. The van der Waals surface area contributed by atoms with Gasteiger partial charge in [0.2, 0.25) is 0 Å². The molecule has 0 radical (unpaired) electrons. The number of hydrogen-bond acceptors (Lipinski definition) is 2. The second kappa shape index (κ2) is 9.95. The molecule has 1 N–H and O–H groups in total. The maximum Gasteiger partial charge on any atom is 0.252 e. The zero-order valence-corrected chi connectivity index (χ0v) is 16.7. The fraction of sp³-hybridized carbons (Fsp3) is 0.160. The monoisotopic (exact) mass is 387 g/mol. The number of rotatable bonds is 8. The van der Waals surface area contributed by atoms with E-state index in [4.69, 9.17) is 12.6 Å². The zero-order chi connectivity index (χ0) is 19.8. The summed E-state index contributed by atoms with van der Waals surface area (Å²) in [6.45, 7) is 4.12. The molecule has 0 fully saturated rings. The van der Waals surface area contributed by atoms with Gasteiger partial charge in [-0.15, -0.1) is 6.58 Å². The van der Waals surface area contributed by atoms with Crippen molar-refractivity contribution in [1.82, 2.24) is 5.32 Å². The number of carbonyl (C=O) groups excluding carboxylic acids is 1. The molecule has 1 unspecified atom stereocenters. The van der Waals surface area contributed by atoms with Crippen LogP contribution in [0.4, 0.5) is 0 Å². The van der Waals surface area contributed by atoms with Crippen molar-refractivity contribution in [2.75, 3.05) is 6.54 Å². The number of aryl methyl sites for hydroxylation is 1. The van der Waals surface area contributed by atoms with E-state index in [2.05, 4.69) is 42.2 Å². The molecule has 3 aromatic carbocycles. The molecule has 3 aromatic rings. The van der Waals surface area contributed by atoms with E-state index in [0.717, 1.165) is 24.0 Å². The highest BCUT2D eigenvalue weighted by atomic mass is 32.1. The van der Waals surface area contributed by atoms with Gasteiger partial charge in [-0.1, -0.05) is 78.9 Å². The third-order valence-electron chi connectivity index (χ3n) is 4.76. The van der Waals surface area contributed by atoms with E-state index < -0.39 is 0 Å². The van der Waals surface area contributed by atoms with Gasteiger partial charge in [0.05, 0.1) is 0 Å². The number of hydrogen-bond donors (Lipinski definition) is 2. The van der Waals surface area contributed by atoms with Crippen LogP contribution in [0, 0.1) is 0 Å². The summed E-state index contributed by atoms with van der Waals surface area (Å²) in [7, 11) is 0. The van der Waals surface area contributed by atoms with Crippen molar-refractivity contribution in [1.29, 1.82) is 0 Å². The van der Waals surface area contributed by atoms with Crippen molar-refractivity contribution in [3.05, 3.63) is 108 Å². The van der Waals surface area contributed by atoms with Crippen molar-refractivity contribution in [2.24, 2.45) is 0 Å². The fourth-order valence-corrected chi connectivity index (χ4v) is 3.61. The zero-order valence-electron chi connectivity index (χ0n) is 15.8. The Labute approximate surface area is 172 Å². The van der Waals surface area contributed by atoms with Crippen molar-refractivity contribution in [3.63, 3.8) is 0 Å². The highest BCUT2D eigenvalue weighted by Gasteiger charge is 2.15. The van der Waals surface area contributed by atoms with Gasteiger partial charge >= 0.3 is 0 Å². The molecule has 0 saturated heterocycles. The standard InChI is InChI=1S/C25H25NOS/c1-2-18-26-25(27)23-15-9-8-14-22(23)21-13-7-6-10-19(21)16-17-24(28)20-11-4-3-5-12-20/h2-15,24,28H,1,16-18H2,(H,26,27). The summed E-state index contributed by atoms with van der Waals surface area (Å²) in [5.74, 6) is -0.0818. The van der Waals surface area contributed by atoms with E-state index in [1.165, 1.54) is 11.1 Å². The van der Waals surface area contributed by atoms with Crippen LogP contribution in [0.15, 0.2) is 91.5 Å². The Hall–Kier alpha value is -2.78. The maximum atomic E-state index is 12.6. The minimum atomic E-state index is -0.0818. The lowest BCUT2D eigenvalue weighted by molar-refractivity contribution is 0.0958. The molecule has 0 spiro atoms. The van der Waals surface area contributed by atoms with Gasteiger partial charge in [0.15, 0.2) is 0 Å². The van der Waals surface area contributed by atoms with Crippen molar-refractivity contribution < 1.29 is 4.79 Å². The Morgan fingerprint density at radius 1 is 0.929 bits per heavy atom. The summed E-state index contributed by atoms with van der Waals surface area (Å²) >= 11 is 4.79. The first-order valence-corrected chi connectivity index (χ1v) is 10.0. The number of benzene rings is 3. The van der Waals surface area contributed by atoms with E-state index in [1.54, 1.807) is 6.08 Å². The molecule has 3 heteroatoms. The van der Waals surface area contributed by atoms with Gasteiger partial charge in [-0.2, -0.15) is 12.6 Å². The Morgan fingerprint density at radius 3 is 2.32 bits per heavy atom. The number of thiol groups is 1. The average Bonchev–Trinajstić information content (AvgIpc) is 2.76. The summed E-state index contributed by atoms with van der Waals surface area (Å²) in [5.41, 5.74) is 5.19. The van der Waals surface area contributed by atoms with E-state index in [0.29, 0.717) is 12.1 Å². The van der Waals surface area contributed by atoms with Gasteiger partial charge in [0.25, 0.3) is 5.91 Å². The normalized spacial score (nSPS) is 11.6. The van der Waals surface area contributed by atoms with Crippen molar-refractivity contribution in [3.8, 4) is 11.1 Å². The summed E-state index contributed by atoms with van der Waals surface area (Å²) in [6, 6.07) is 26.4. The topological polar surface area (TPSA) is 29.1 Å². The van der Waals surface area contributed by atoms with Crippen LogP contribution in [0.3, 0.4) is 0 Å². The van der Waals surface area contributed by atoms with Crippen LogP contribution in [0.1, 0.15) is 33.2 Å². The van der Waals surface area contributed by atoms with E-state index >= 15 is 0 Å². The summed E-state index contributed by atoms with van der Waals surface area (Å²) in [6.07, 6.45) is 3.50. The molecule has 0 aliphatic heterocycles. The lowest BCUT2D eigenvalue weighted by Crippen LogP contribution is -2.23. The van der Waals surface area contributed by atoms with Gasteiger partial charge in [-0.05, 0) is 41.2 Å². The summed E-state index contributed by atoms with van der Waals surface area (Å²) in [4.78, 5) is 12.6. The van der Waals surface area contributed by atoms with Crippen LogP contribution in [-0.4, -0.2) is 12.5 Å².